The lowest BCUT2D eigenvalue weighted by molar-refractivity contribution is -0.149. The number of carbonyl (C=O) groups is 1. The first kappa shape index (κ1) is 12.4. The molecule has 1 amide bonds. The number of nitrogens with two attached hydrogens (primary N) is 1. The summed E-state index contributed by atoms with van der Waals surface area (Å²) in [5, 5.41) is 0. The third kappa shape index (κ3) is 2.16. The third-order valence-electron chi connectivity index (χ3n) is 4.90. The van der Waals surface area contributed by atoms with Gasteiger partial charge in [-0.15, -0.1) is 0 Å². The fourth-order valence-corrected chi connectivity index (χ4v) is 3.88. The van der Waals surface area contributed by atoms with Crippen LogP contribution in [0.1, 0.15) is 44.9 Å². The molecule has 1 aliphatic heterocycles. The van der Waals surface area contributed by atoms with Gasteiger partial charge in [-0.3, -0.25) is 4.79 Å². The van der Waals surface area contributed by atoms with E-state index in [-0.39, 0.29) is 12.0 Å². The monoisotopic (exact) mass is 252 g/mol. The number of carbonyl (C=O) groups excluding carboxylic acids is 1. The largest absolute Gasteiger partial charge is 0.374 e. The van der Waals surface area contributed by atoms with Gasteiger partial charge in [0, 0.05) is 12.6 Å². The highest BCUT2D eigenvalue weighted by Gasteiger charge is 2.41. The molecule has 0 bridgehead atoms. The predicted molar refractivity (Wildman–Crippen MR) is 69.0 cm³/mol. The summed E-state index contributed by atoms with van der Waals surface area (Å²) in [7, 11) is 0. The minimum Gasteiger partial charge on any atom is -0.374 e. The molecule has 102 valence electrons. The van der Waals surface area contributed by atoms with Crippen molar-refractivity contribution in [1.82, 2.24) is 4.90 Å². The van der Waals surface area contributed by atoms with E-state index in [2.05, 4.69) is 4.90 Å². The molecule has 4 unspecified atom stereocenters. The van der Waals surface area contributed by atoms with Crippen molar-refractivity contribution >= 4 is 5.91 Å². The van der Waals surface area contributed by atoms with Crippen molar-refractivity contribution in [2.45, 2.75) is 63.1 Å². The Morgan fingerprint density at radius 2 is 1.94 bits per heavy atom. The van der Waals surface area contributed by atoms with Gasteiger partial charge < -0.3 is 15.4 Å². The molecule has 2 N–H and O–H groups in total. The van der Waals surface area contributed by atoms with Gasteiger partial charge >= 0.3 is 0 Å². The number of hydrogen-bond donors (Lipinski definition) is 1. The van der Waals surface area contributed by atoms with Crippen molar-refractivity contribution in [3.63, 3.8) is 0 Å². The number of rotatable bonds is 1. The van der Waals surface area contributed by atoms with Crippen molar-refractivity contribution in [3.8, 4) is 0 Å². The Kier molecular flexibility index (Phi) is 3.57. The lowest BCUT2D eigenvalue weighted by atomic mass is 9.83. The second kappa shape index (κ2) is 5.17. The molecule has 18 heavy (non-hydrogen) atoms. The molecule has 0 aromatic heterocycles. The molecular formula is C14H24N2O2. The third-order valence-corrected chi connectivity index (χ3v) is 4.90. The van der Waals surface area contributed by atoms with Gasteiger partial charge in [0.15, 0.2) is 0 Å². The Morgan fingerprint density at radius 1 is 1.11 bits per heavy atom. The average Bonchev–Trinajstić information content (AvgIpc) is 2.86. The molecule has 0 aromatic rings. The summed E-state index contributed by atoms with van der Waals surface area (Å²) in [6.45, 7) is 1.47. The van der Waals surface area contributed by atoms with Crippen LogP contribution in [0.15, 0.2) is 0 Å². The summed E-state index contributed by atoms with van der Waals surface area (Å²) in [6.07, 6.45) is 8.04. The molecule has 3 rings (SSSR count). The lowest BCUT2D eigenvalue weighted by Gasteiger charge is -2.41. The van der Waals surface area contributed by atoms with Crippen molar-refractivity contribution in [1.29, 1.82) is 0 Å². The van der Waals surface area contributed by atoms with E-state index in [4.69, 9.17) is 10.5 Å². The maximum absolute atomic E-state index is 12.7. The minimum atomic E-state index is 0.0677. The van der Waals surface area contributed by atoms with E-state index in [0.29, 0.717) is 24.7 Å². The molecule has 4 atom stereocenters. The van der Waals surface area contributed by atoms with Crippen LogP contribution in [0.5, 0.6) is 0 Å². The maximum Gasteiger partial charge on any atom is 0.227 e. The molecule has 4 heteroatoms. The summed E-state index contributed by atoms with van der Waals surface area (Å²) in [4.78, 5) is 14.8. The van der Waals surface area contributed by atoms with Crippen molar-refractivity contribution < 1.29 is 9.53 Å². The maximum atomic E-state index is 12.7. The zero-order valence-corrected chi connectivity index (χ0v) is 11.0. The summed E-state index contributed by atoms with van der Waals surface area (Å²) in [5.74, 6) is 0.375. The highest BCUT2D eigenvalue weighted by molar-refractivity contribution is 5.80. The standard InChI is InChI=1S/C14H24N2O2/c15-11-5-2-1-4-10(11)14(17)16-8-9-18-13-7-3-6-12(13)16/h10-13H,1-9,15H2. The molecule has 2 saturated carbocycles. The number of hydrogen-bond acceptors (Lipinski definition) is 3. The Balaban J connectivity index is 1.70. The van der Waals surface area contributed by atoms with Crippen LogP contribution in [0, 0.1) is 5.92 Å². The van der Waals surface area contributed by atoms with Crippen LogP contribution < -0.4 is 5.73 Å². The summed E-state index contributed by atoms with van der Waals surface area (Å²) >= 11 is 0. The number of nitrogens with zero attached hydrogens (tertiary/aromatic N) is 1. The lowest BCUT2D eigenvalue weighted by Crippen LogP contribution is -2.55. The van der Waals surface area contributed by atoms with Crippen molar-refractivity contribution in [2.24, 2.45) is 11.7 Å². The first-order valence-electron chi connectivity index (χ1n) is 7.45. The molecule has 0 aromatic carbocycles. The second-order valence-corrected chi connectivity index (χ2v) is 5.99. The first-order valence-corrected chi connectivity index (χ1v) is 7.45. The van der Waals surface area contributed by atoms with E-state index in [9.17, 15) is 4.79 Å². The molecule has 1 saturated heterocycles. The van der Waals surface area contributed by atoms with Gasteiger partial charge in [-0.25, -0.2) is 0 Å². The van der Waals surface area contributed by atoms with Crippen LogP contribution >= 0.6 is 0 Å². The van der Waals surface area contributed by atoms with Gasteiger partial charge in [0.05, 0.1) is 24.7 Å². The van der Waals surface area contributed by atoms with Crippen LogP contribution in [-0.4, -0.2) is 42.1 Å². The van der Waals surface area contributed by atoms with Gasteiger partial charge in [-0.2, -0.15) is 0 Å². The molecule has 3 aliphatic rings. The topological polar surface area (TPSA) is 55.6 Å². The predicted octanol–water partition coefficient (Wildman–Crippen LogP) is 1.28. The normalized spacial score (nSPS) is 40.6. The van der Waals surface area contributed by atoms with Crippen molar-refractivity contribution in [2.75, 3.05) is 13.2 Å². The second-order valence-electron chi connectivity index (χ2n) is 5.99. The number of morpholine rings is 1. The molecule has 4 nitrogen and oxygen atoms in total. The first-order chi connectivity index (χ1) is 8.77. The number of ether oxygens (including phenoxy) is 1. The van der Waals surface area contributed by atoms with E-state index in [1.165, 1.54) is 12.8 Å². The highest BCUT2D eigenvalue weighted by atomic mass is 16.5. The molecule has 2 aliphatic carbocycles. The molecule has 1 heterocycles. The quantitative estimate of drug-likeness (QED) is 0.765. The highest BCUT2D eigenvalue weighted by Crippen LogP contribution is 2.33. The number of amides is 1. The SMILES string of the molecule is NC1CCCCC1C(=O)N1CCOC2CCCC21. The van der Waals surface area contributed by atoms with E-state index in [1.54, 1.807) is 0 Å². The Hall–Kier alpha value is -0.610. The molecule has 0 spiro atoms. The van der Waals surface area contributed by atoms with Crippen molar-refractivity contribution in [3.05, 3.63) is 0 Å². The summed E-state index contributed by atoms with van der Waals surface area (Å²) in [6, 6.07) is 0.411. The van der Waals surface area contributed by atoms with Gasteiger partial charge in [-0.05, 0) is 32.1 Å². The summed E-state index contributed by atoms with van der Waals surface area (Å²) in [5.41, 5.74) is 6.14. The summed E-state index contributed by atoms with van der Waals surface area (Å²) < 4.78 is 5.77. The Bertz CT molecular complexity index is 321. The van der Waals surface area contributed by atoms with Crippen LogP contribution in [0.4, 0.5) is 0 Å². The Morgan fingerprint density at radius 3 is 2.78 bits per heavy atom. The van der Waals surface area contributed by atoms with E-state index < -0.39 is 0 Å². The van der Waals surface area contributed by atoms with Crippen LogP contribution in [0.25, 0.3) is 0 Å². The van der Waals surface area contributed by atoms with E-state index >= 15 is 0 Å². The van der Waals surface area contributed by atoms with E-state index in [1.807, 2.05) is 0 Å². The van der Waals surface area contributed by atoms with E-state index in [0.717, 1.165) is 38.6 Å². The van der Waals surface area contributed by atoms with Crippen LogP contribution in [0.2, 0.25) is 0 Å². The fraction of sp³-hybridized carbons (Fsp3) is 0.929. The zero-order valence-electron chi connectivity index (χ0n) is 11.0. The smallest absolute Gasteiger partial charge is 0.227 e. The fourth-order valence-electron chi connectivity index (χ4n) is 3.88. The molecular weight excluding hydrogens is 228 g/mol. The molecule has 0 radical (unpaired) electrons. The van der Waals surface area contributed by atoms with Gasteiger partial charge in [-0.1, -0.05) is 12.8 Å². The minimum absolute atomic E-state index is 0.0677. The van der Waals surface area contributed by atoms with Crippen LogP contribution in [-0.2, 0) is 9.53 Å². The van der Waals surface area contributed by atoms with Crippen LogP contribution in [0.3, 0.4) is 0 Å². The number of fused-ring (bicyclic) bond motifs is 1. The Labute approximate surface area is 109 Å². The molecule has 3 fully saturated rings. The van der Waals surface area contributed by atoms with Gasteiger partial charge in [0.25, 0.3) is 0 Å². The zero-order chi connectivity index (χ0) is 12.5. The average molecular weight is 252 g/mol. The van der Waals surface area contributed by atoms with Gasteiger partial charge in [0.2, 0.25) is 5.91 Å². The van der Waals surface area contributed by atoms with Gasteiger partial charge in [0.1, 0.15) is 0 Å².